The van der Waals surface area contributed by atoms with Crippen molar-refractivity contribution in [1.82, 2.24) is 9.97 Å². The number of carbonyl (C=O) groups excluding carboxylic acids is 2. The summed E-state index contributed by atoms with van der Waals surface area (Å²) < 4.78 is 42.4. The molecule has 0 bridgehead atoms. The number of nitrogens with one attached hydrogen (secondary N) is 1. The van der Waals surface area contributed by atoms with Gasteiger partial charge in [-0.05, 0) is 44.2 Å². The first-order chi connectivity index (χ1) is 11.7. The molecule has 0 aliphatic rings. The van der Waals surface area contributed by atoms with E-state index < -0.39 is 29.7 Å². The highest BCUT2D eigenvalue weighted by Gasteiger charge is 2.30. The van der Waals surface area contributed by atoms with Gasteiger partial charge in [-0.1, -0.05) is 0 Å². The lowest BCUT2D eigenvalue weighted by Gasteiger charge is -2.14. The first-order valence-electron chi connectivity index (χ1n) is 7.15. The average Bonchev–Trinajstić information content (AvgIpc) is 2.54. The Morgan fingerprint density at radius 1 is 1.16 bits per heavy atom. The predicted octanol–water partition coefficient (Wildman–Crippen LogP) is 2.99. The van der Waals surface area contributed by atoms with Gasteiger partial charge in [-0.15, -0.1) is 0 Å². The second kappa shape index (κ2) is 7.29. The van der Waals surface area contributed by atoms with E-state index in [2.05, 4.69) is 15.3 Å². The summed E-state index contributed by atoms with van der Waals surface area (Å²) in [6, 6.07) is 5.26. The minimum atomic E-state index is -4.46. The monoisotopic (exact) mass is 353 g/mol. The van der Waals surface area contributed by atoms with Crippen LogP contribution in [-0.2, 0) is 15.7 Å². The summed E-state index contributed by atoms with van der Waals surface area (Å²) in [7, 11) is 0. The zero-order chi connectivity index (χ0) is 18.6. The Morgan fingerprint density at radius 2 is 1.80 bits per heavy atom. The fourth-order valence-corrected chi connectivity index (χ4v) is 1.83. The van der Waals surface area contributed by atoms with E-state index in [1.807, 2.05) is 0 Å². The van der Waals surface area contributed by atoms with Gasteiger partial charge in [0.15, 0.2) is 11.8 Å². The Labute approximate surface area is 141 Å². The lowest BCUT2D eigenvalue weighted by Crippen LogP contribution is -2.30. The van der Waals surface area contributed by atoms with E-state index in [9.17, 15) is 22.8 Å². The van der Waals surface area contributed by atoms with Crippen molar-refractivity contribution in [2.45, 2.75) is 26.1 Å². The minimum absolute atomic E-state index is 0.00156. The molecule has 9 heteroatoms. The van der Waals surface area contributed by atoms with Gasteiger partial charge in [-0.2, -0.15) is 13.2 Å². The van der Waals surface area contributed by atoms with Crippen molar-refractivity contribution >= 4 is 17.6 Å². The molecule has 0 spiro atoms. The van der Waals surface area contributed by atoms with Crippen LogP contribution in [0.5, 0.6) is 0 Å². The first kappa shape index (κ1) is 18.4. The normalized spacial score (nSPS) is 12.4. The molecule has 1 aromatic heterocycles. The summed E-state index contributed by atoms with van der Waals surface area (Å²) in [6.45, 7) is 2.93. The minimum Gasteiger partial charge on any atom is -0.448 e. The van der Waals surface area contributed by atoms with Crippen LogP contribution in [-0.4, -0.2) is 27.9 Å². The molecule has 1 N–H and O–H groups in total. The average molecular weight is 353 g/mol. The van der Waals surface area contributed by atoms with Crippen LogP contribution in [0.2, 0.25) is 0 Å². The maximum absolute atomic E-state index is 12.5. The summed E-state index contributed by atoms with van der Waals surface area (Å²) in [5, 5.41) is 2.37. The van der Waals surface area contributed by atoms with Crippen LogP contribution in [0, 0.1) is 6.92 Å². The highest BCUT2D eigenvalue weighted by Crippen LogP contribution is 2.29. The van der Waals surface area contributed by atoms with Crippen molar-refractivity contribution in [3.05, 3.63) is 53.6 Å². The maximum Gasteiger partial charge on any atom is 0.416 e. The van der Waals surface area contributed by atoms with Gasteiger partial charge in [-0.25, -0.2) is 14.8 Å². The molecule has 2 rings (SSSR count). The van der Waals surface area contributed by atoms with Crippen LogP contribution >= 0.6 is 0 Å². The van der Waals surface area contributed by atoms with E-state index in [-0.39, 0.29) is 11.4 Å². The molecule has 0 saturated carbocycles. The molecule has 2 aromatic rings. The lowest BCUT2D eigenvalue weighted by atomic mass is 10.2. The van der Waals surface area contributed by atoms with Crippen molar-refractivity contribution in [3.63, 3.8) is 0 Å². The Bertz CT molecular complexity index is 776. The Balaban J connectivity index is 1.97. The lowest BCUT2D eigenvalue weighted by molar-refractivity contribution is -0.137. The highest BCUT2D eigenvalue weighted by atomic mass is 19.4. The van der Waals surface area contributed by atoms with E-state index in [0.717, 1.165) is 24.3 Å². The molecule has 0 unspecified atom stereocenters. The van der Waals surface area contributed by atoms with Gasteiger partial charge in [0.1, 0.15) is 5.82 Å². The molecule has 6 nitrogen and oxygen atoms in total. The van der Waals surface area contributed by atoms with Crippen molar-refractivity contribution in [3.8, 4) is 0 Å². The Hall–Kier alpha value is -2.97. The number of halogens is 3. The molecule has 1 aromatic carbocycles. The number of esters is 1. The number of anilines is 1. The number of alkyl halides is 3. The molecule has 0 saturated heterocycles. The number of ether oxygens (including phenoxy) is 1. The van der Waals surface area contributed by atoms with Crippen molar-refractivity contribution < 1.29 is 27.5 Å². The second-order valence-electron chi connectivity index (χ2n) is 5.10. The van der Waals surface area contributed by atoms with Crippen LogP contribution in [0.3, 0.4) is 0 Å². The van der Waals surface area contributed by atoms with Crippen LogP contribution in [0.25, 0.3) is 0 Å². The number of rotatable bonds is 4. The molecule has 1 heterocycles. The largest absolute Gasteiger partial charge is 0.448 e. The highest BCUT2D eigenvalue weighted by molar-refractivity contribution is 5.96. The fourth-order valence-electron chi connectivity index (χ4n) is 1.83. The third-order valence-electron chi connectivity index (χ3n) is 3.12. The number of carbonyl (C=O) groups is 2. The quantitative estimate of drug-likeness (QED) is 0.855. The summed E-state index contributed by atoms with van der Waals surface area (Å²) in [5.74, 6) is -1.12. The summed E-state index contributed by atoms with van der Waals surface area (Å²) in [5.41, 5.74) is -0.676. The number of hydrogen-bond donors (Lipinski definition) is 1. The fraction of sp³-hybridized carbons (Fsp3) is 0.250. The Kier molecular flexibility index (Phi) is 5.35. The Morgan fingerprint density at radius 3 is 2.36 bits per heavy atom. The van der Waals surface area contributed by atoms with Gasteiger partial charge in [0.2, 0.25) is 0 Å². The van der Waals surface area contributed by atoms with Gasteiger partial charge in [0, 0.05) is 11.9 Å². The maximum atomic E-state index is 12.5. The molecular weight excluding hydrogens is 339 g/mol. The topological polar surface area (TPSA) is 81.2 Å². The first-order valence-corrected chi connectivity index (χ1v) is 7.15. The van der Waals surface area contributed by atoms with Gasteiger partial charge in [-0.3, -0.25) is 4.79 Å². The van der Waals surface area contributed by atoms with Crippen molar-refractivity contribution in [1.29, 1.82) is 0 Å². The van der Waals surface area contributed by atoms with E-state index >= 15 is 0 Å². The van der Waals surface area contributed by atoms with E-state index in [1.54, 1.807) is 6.92 Å². The van der Waals surface area contributed by atoms with Crippen LogP contribution in [0.4, 0.5) is 18.9 Å². The molecule has 0 aliphatic carbocycles. The van der Waals surface area contributed by atoms with E-state index in [4.69, 9.17) is 4.74 Å². The number of amides is 1. The van der Waals surface area contributed by atoms with Crippen LogP contribution < -0.4 is 5.32 Å². The number of aromatic nitrogens is 2. The molecule has 132 valence electrons. The standard InChI is InChI=1S/C16H14F3N3O3/c1-9(25-15(24)13-7-8-20-10(2)21-13)14(23)22-12-5-3-11(4-6-12)16(17,18)19/h3-9H,1-2H3,(H,22,23)/t9-/m0/s1. The summed E-state index contributed by atoms with van der Waals surface area (Å²) >= 11 is 0. The molecule has 0 aliphatic heterocycles. The third-order valence-corrected chi connectivity index (χ3v) is 3.12. The predicted molar refractivity (Wildman–Crippen MR) is 81.7 cm³/mol. The van der Waals surface area contributed by atoms with Crippen molar-refractivity contribution in [2.24, 2.45) is 0 Å². The van der Waals surface area contributed by atoms with Crippen molar-refractivity contribution in [2.75, 3.05) is 5.32 Å². The van der Waals surface area contributed by atoms with E-state index in [1.165, 1.54) is 19.2 Å². The molecule has 0 radical (unpaired) electrons. The van der Waals surface area contributed by atoms with Crippen LogP contribution in [0.15, 0.2) is 36.5 Å². The van der Waals surface area contributed by atoms with Gasteiger partial charge in [0.05, 0.1) is 5.56 Å². The zero-order valence-corrected chi connectivity index (χ0v) is 13.3. The van der Waals surface area contributed by atoms with Gasteiger partial charge in [0.25, 0.3) is 5.91 Å². The molecule has 25 heavy (non-hydrogen) atoms. The van der Waals surface area contributed by atoms with E-state index in [0.29, 0.717) is 5.82 Å². The zero-order valence-electron chi connectivity index (χ0n) is 13.3. The summed E-state index contributed by atoms with van der Waals surface area (Å²) in [4.78, 5) is 31.6. The van der Waals surface area contributed by atoms with Gasteiger partial charge >= 0.3 is 12.1 Å². The number of benzene rings is 1. The third kappa shape index (κ3) is 5.00. The molecular formula is C16H14F3N3O3. The smallest absolute Gasteiger partial charge is 0.416 e. The van der Waals surface area contributed by atoms with Crippen LogP contribution in [0.1, 0.15) is 28.8 Å². The SMILES string of the molecule is Cc1nccc(C(=O)O[C@@H](C)C(=O)Nc2ccc(C(F)(F)F)cc2)n1. The molecule has 1 amide bonds. The number of hydrogen-bond acceptors (Lipinski definition) is 5. The molecule has 0 fully saturated rings. The van der Waals surface area contributed by atoms with Gasteiger partial charge < -0.3 is 10.1 Å². The number of aryl methyl sites for hydroxylation is 1. The summed E-state index contributed by atoms with van der Waals surface area (Å²) in [6.07, 6.45) is -4.24. The number of nitrogens with zero attached hydrogens (tertiary/aromatic N) is 2. The second-order valence-corrected chi connectivity index (χ2v) is 5.10. The molecule has 1 atom stereocenters.